The van der Waals surface area contributed by atoms with Gasteiger partial charge in [-0.05, 0) is 31.0 Å². The topological polar surface area (TPSA) is 17.1 Å². The van der Waals surface area contributed by atoms with Crippen LogP contribution >= 0.6 is 27.5 Å². The molecule has 0 radical (unpaired) electrons. The summed E-state index contributed by atoms with van der Waals surface area (Å²) in [4.78, 5) is 11.6. The van der Waals surface area contributed by atoms with Gasteiger partial charge < -0.3 is 0 Å². The Hall–Kier alpha value is -0.410. The number of rotatable bonds is 5. The molecule has 0 unspecified atom stereocenters. The second-order valence-corrected chi connectivity index (χ2v) is 4.46. The maximum atomic E-state index is 12.9. The minimum absolute atomic E-state index is 0.0580. The van der Waals surface area contributed by atoms with Gasteiger partial charge in [-0.1, -0.05) is 27.5 Å². The van der Waals surface area contributed by atoms with Crippen molar-refractivity contribution in [3.05, 3.63) is 34.6 Å². The van der Waals surface area contributed by atoms with E-state index in [0.29, 0.717) is 12.0 Å². The highest BCUT2D eigenvalue weighted by Gasteiger charge is 2.07. The number of benzene rings is 1. The zero-order valence-corrected chi connectivity index (χ0v) is 10.4. The van der Waals surface area contributed by atoms with Crippen molar-refractivity contribution >= 4 is 33.3 Å². The van der Waals surface area contributed by atoms with Gasteiger partial charge in [-0.15, -0.1) is 0 Å². The second-order valence-electron chi connectivity index (χ2n) is 3.23. The summed E-state index contributed by atoms with van der Waals surface area (Å²) in [5, 5.41) is 1.14. The van der Waals surface area contributed by atoms with Gasteiger partial charge in [0.2, 0.25) is 0 Å². The maximum absolute atomic E-state index is 12.9. The van der Waals surface area contributed by atoms with Crippen LogP contribution in [-0.4, -0.2) is 11.1 Å². The van der Waals surface area contributed by atoms with Gasteiger partial charge in [0.15, 0.2) is 5.78 Å². The molecule has 0 aliphatic rings. The fourth-order valence-electron chi connectivity index (χ4n) is 1.24. The van der Waals surface area contributed by atoms with Gasteiger partial charge in [-0.2, -0.15) is 0 Å². The van der Waals surface area contributed by atoms with E-state index in [1.165, 1.54) is 18.2 Å². The lowest BCUT2D eigenvalue weighted by molar-refractivity contribution is 0.0979. The van der Waals surface area contributed by atoms with E-state index in [2.05, 4.69) is 15.9 Å². The fourth-order valence-corrected chi connectivity index (χ4v) is 1.86. The van der Waals surface area contributed by atoms with Gasteiger partial charge in [0, 0.05) is 22.3 Å². The molecule has 1 rings (SSSR count). The molecule has 0 spiro atoms. The molecule has 0 fully saturated rings. The van der Waals surface area contributed by atoms with Crippen LogP contribution in [0.5, 0.6) is 0 Å². The number of Topliss-reactive ketones (excluding diaryl/α,β-unsaturated/α-hetero) is 1. The largest absolute Gasteiger partial charge is 0.294 e. The molecule has 15 heavy (non-hydrogen) atoms. The first-order valence-corrected chi connectivity index (χ1v) is 6.18. The van der Waals surface area contributed by atoms with Gasteiger partial charge in [0.05, 0.1) is 0 Å². The van der Waals surface area contributed by atoms with E-state index in [-0.39, 0.29) is 10.8 Å². The van der Waals surface area contributed by atoms with Crippen LogP contribution in [0.25, 0.3) is 0 Å². The third-order valence-electron chi connectivity index (χ3n) is 1.97. The standard InChI is InChI=1S/C11H11BrClFO/c12-4-2-1-3-11(15)8-5-9(13)7-10(14)6-8/h5-7H,1-4H2. The summed E-state index contributed by atoms with van der Waals surface area (Å²) in [5.74, 6) is -0.524. The lowest BCUT2D eigenvalue weighted by atomic mass is 10.1. The predicted molar refractivity (Wildman–Crippen MR) is 63.4 cm³/mol. The van der Waals surface area contributed by atoms with Crippen molar-refractivity contribution in [2.75, 3.05) is 5.33 Å². The van der Waals surface area contributed by atoms with Crippen molar-refractivity contribution in [1.29, 1.82) is 0 Å². The molecule has 4 heteroatoms. The van der Waals surface area contributed by atoms with Crippen LogP contribution in [0.3, 0.4) is 0 Å². The molecule has 82 valence electrons. The molecule has 0 heterocycles. The Kier molecular flexibility index (Phi) is 5.26. The number of alkyl halides is 1. The molecule has 0 bridgehead atoms. The van der Waals surface area contributed by atoms with Crippen molar-refractivity contribution in [3.8, 4) is 0 Å². The summed E-state index contributed by atoms with van der Waals surface area (Å²) >= 11 is 8.94. The lowest BCUT2D eigenvalue weighted by Gasteiger charge is -2.01. The number of carbonyl (C=O) groups is 1. The normalized spacial score (nSPS) is 10.3. The van der Waals surface area contributed by atoms with E-state index in [9.17, 15) is 9.18 Å². The van der Waals surface area contributed by atoms with Crippen LogP contribution in [-0.2, 0) is 0 Å². The van der Waals surface area contributed by atoms with Crippen molar-refractivity contribution in [1.82, 2.24) is 0 Å². The van der Waals surface area contributed by atoms with Crippen molar-refractivity contribution in [2.24, 2.45) is 0 Å². The minimum Gasteiger partial charge on any atom is -0.294 e. The Bertz CT molecular complexity index is 334. The molecule has 1 nitrogen and oxygen atoms in total. The molecule has 1 aromatic carbocycles. The summed E-state index contributed by atoms with van der Waals surface area (Å²) < 4.78 is 12.9. The molecular weight excluding hydrogens is 282 g/mol. The highest BCUT2D eigenvalue weighted by atomic mass is 79.9. The first-order valence-electron chi connectivity index (χ1n) is 4.68. The van der Waals surface area contributed by atoms with Gasteiger partial charge in [0.25, 0.3) is 0 Å². The highest BCUT2D eigenvalue weighted by Crippen LogP contribution is 2.16. The van der Waals surface area contributed by atoms with E-state index in [1.807, 2.05) is 0 Å². The minimum atomic E-state index is -0.466. The lowest BCUT2D eigenvalue weighted by Crippen LogP contribution is -1.99. The molecule has 0 N–H and O–H groups in total. The average Bonchev–Trinajstić information content (AvgIpc) is 2.16. The molecule has 0 saturated carbocycles. The number of hydrogen-bond acceptors (Lipinski definition) is 1. The third kappa shape index (κ3) is 4.31. The molecule has 0 aromatic heterocycles. The molecule has 0 saturated heterocycles. The highest BCUT2D eigenvalue weighted by molar-refractivity contribution is 9.09. The van der Waals surface area contributed by atoms with Gasteiger partial charge in [-0.3, -0.25) is 4.79 Å². The fraction of sp³-hybridized carbons (Fsp3) is 0.364. The van der Waals surface area contributed by atoms with Crippen LogP contribution in [0.15, 0.2) is 18.2 Å². The van der Waals surface area contributed by atoms with E-state index >= 15 is 0 Å². The first-order chi connectivity index (χ1) is 7.13. The van der Waals surface area contributed by atoms with Crippen molar-refractivity contribution in [2.45, 2.75) is 19.3 Å². The van der Waals surface area contributed by atoms with Gasteiger partial charge in [0.1, 0.15) is 5.82 Å². The van der Waals surface area contributed by atoms with Crippen LogP contribution in [0.1, 0.15) is 29.6 Å². The molecule has 0 aliphatic heterocycles. The summed E-state index contributed by atoms with van der Waals surface area (Å²) in [6.07, 6.45) is 2.18. The monoisotopic (exact) mass is 292 g/mol. The zero-order chi connectivity index (χ0) is 11.3. The Morgan fingerprint density at radius 3 is 2.67 bits per heavy atom. The molecule has 0 atom stereocenters. The molecule has 1 aromatic rings. The van der Waals surface area contributed by atoms with Crippen LogP contribution in [0.4, 0.5) is 4.39 Å². The van der Waals surface area contributed by atoms with E-state index in [0.717, 1.165) is 18.2 Å². The quantitative estimate of drug-likeness (QED) is 0.451. The maximum Gasteiger partial charge on any atom is 0.163 e. The summed E-state index contributed by atoms with van der Waals surface area (Å²) in [5.41, 5.74) is 0.356. The van der Waals surface area contributed by atoms with Crippen molar-refractivity contribution < 1.29 is 9.18 Å². The molecule has 0 aliphatic carbocycles. The number of hydrogen-bond donors (Lipinski definition) is 0. The predicted octanol–water partition coefficient (Wildman–Crippen LogP) is 4.23. The number of halogens is 3. The van der Waals surface area contributed by atoms with Crippen LogP contribution in [0.2, 0.25) is 5.02 Å². The summed E-state index contributed by atoms with van der Waals surface area (Å²) in [7, 11) is 0. The van der Waals surface area contributed by atoms with E-state index in [4.69, 9.17) is 11.6 Å². The van der Waals surface area contributed by atoms with E-state index in [1.54, 1.807) is 0 Å². The smallest absolute Gasteiger partial charge is 0.163 e. The Balaban J connectivity index is 2.65. The first kappa shape index (κ1) is 12.7. The van der Waals surface area contributed by atoms with Crippen LogP contribution in [0, 0.1) is 5.82 Å². The van der Waals surface area contributed by atoms with Crippen molar-refractivity contribution in [3.63, 3.8) is 0 Å². The summed E-state index contributed by atoms with van der Waals surface area (Å²) in [6, 6.07) is 3.92. The summed E-state index contributed by atoms with van der Waals surface area (Å²) in [6.45, 7) is 0. The van der Waals surface area contributed by atoms with E-state index < -0.39 is 5.82 Å². The SMILES string of the molecule is O=C(CCCCBr)c1cc(F)cc(Cl)c1. The van der Waals surface area contributed by atoms with Gasteiger partial charge in [-0.25, -0.2) is 4.39 Å². The Morgan fingerprint density at radius 2 is 2.07 bits per heavy atom. The molecule has 0 amide bonds. The zero-order valence-electron chi connectivity index (χ0n) is 8.10. The number of carbonyl (C=O) groups excluding carboxylic acids is 1. The number of unbranched alkanes of at least 4 members (excludes halogenated alkanes) is 1. The third-order valence-corrected chi connectivity index (χ3v) is 2.75. The number of ketones is 1. The average molecular weight is 294 g/mol. The molecular formula is C11H11BrClFO. The Morgan fingerprint density at radius 1 is 1.33 bits per heavy atom. The van der Waals surface area contributed by atoms with Gasteiger partial charge >= 0.3 is 0 Å². The Labute approximate surface area is 102 Å². The second kappa shape index (κ2) is 6.23. The van der Waals surface area contributed by atoms with Crippen LogP contribution < -0.4 is 0 Å².